The number of rotatable bonds is 5. The number of nitrogens with two attached hydrogens (primary N) is 1. The van der Waals surface area contributed by atoms with Gasteiger partial charge in [0.1, 0.15) is 11.3 Å². The highest BCUT2D eigenvalue weighted by atomic mass is 16.5. The van der Waals surface area contributed by atoms with Crippen LogP contribution < -0.4 is 10.5 Å². The van der Waals surface area contributed by atoms with Crippen molar-refractivity contribution >= 4 is 11.1 Å². The molecule has 2 rings (SSSR count). The molecular formula is C14H20N2O2. The summed E-state index contributed by atoms with van der Waals surface area (Å²) in [5, 5.41) is 0. The lowest BCUT2D eigenvalue weighted by Gasteiger charge is -2.25. The molecule has 98 valence electrons. The Morgan fingerprint density at radius 3 is 2.61 bits per heavy atom. The van der Waals surface area contributed by atoms with Crippen LogP contribution in [-0.4, -0.2) is 18.6 Å². The minimum absolute atomic E-state index is 0.160. The van der Waals surface area contributed by atoms with E-state index in [0.29, 0.717) is 6.54 Å². The molecule has 0 aliphatic heterocycles. The van der Waals surface area contributed by atoms with Crippen molar-refractivity contribution < 1.29 is 9.15 Å². The van der Waals surface area contributed by atoms with Gasteiger partial charge in [-0.25, -0.2) is 4.98 Å². The number of nitrogens with zero attached hydrogens (tertiary/aromatic N) is 1. The van der Waals surface area contributed by atoms with Crippen molar-refractivity contribution in [2.75, 3.05) is 13.7 Å². The monoisotopic (exact) mass is 248 g/mol. The van der Waals surface area contributed by atoms with Crippen LogP contribution in [0.5, 0.6) is 5.75 Å². The minimum atomic E-state index is -0.160. The van der Waals surface area contributed by atoms with Crippen molar-refractivity contribution in [2.24, 2.45) is 5.73 Å². The number of methoxy groups -OCH3 is 1. The van der Waals surface area contributed by atoms with Gasteiger partial charge in [-0.1, -0.05) is 13.8 Å². The molecule has 2 aromatic rings. The molecule has 0 amide bonds. The normalized spacial score (nSPS) is 12.0. The van der Waals surface area contributed by atoms with Crippen LogP contribution in [0.25, 0.3) is 11.1 Å². The first-order chi connectivity index (χ1) is 8.69. The van der Waals surface area contributed by atoms with Crippen LogP contribution in [0.1, 0.15) is 32.6 Å². The molecule has 18 heavy (non-hydrogen) atoms. The lowest BCUT2D eigenvalue weighted by Crippen LogP contribution is -2.34. The number of hydrogen-bond donors (Lipinski definition) is 1. The molecule has 0 aliphatic carbocycles. The molecular weight excluding hydrogens is 228 g/mol. The zero-order valence-corrected chi connectivity index (χ0v) is 11.2. The second-order valence-electron chi connectivity index (χ2n) is 4.54. The highest BCUT2D eigenvalue weighted by Crippen LogP contribution is 2.33. The first-order valence-corrected chi connectivity index (χ1v) is 6.34. The molecule has 0 saturated heterocycles. The Morgan fingerprint density at radius 2 is 2.06 bits per heavy atom. The van der Waals surface area contributed by atoms with Gasteiger partial charge in [0.2, 0.25) is 5.89 Å². The van der Waals surface area contributed by atoms with Gasteiger partial charge in [0.15, 0.2) is 5.58 Å². The van der Waals surface area contributed by atoms with Crippen molar-refractivity contribution in [3.05, 3.63) is 24.1 Å². The van der Waals surface area contributed by atoms with Gasteiger partial charge >= 0.3 is 0 Å². The van der Waals surface area contributed by atoms with E-state index in [4.69, 9.17) is 14.9 Å². The Labute approximate surface area is 107 Å². The van der Waals surface area contributed by atoms with Gasteiger partial charge in [0.25, 0.3) is 0 Å². The zero-order chi connectivity index (χ0) is 13.2. The number of fused-ring (bicyclic) bond motifs is 1. The Hall–Kier alpha value is -1.55. The molecule has 0 aliphatic rings. The molecule has 1 aromatic carbocycles. The maximum absolute atomic E-state index is 5.91. The molecule has 4 heteroatoms. The summed E-state index contributed by atoms with van der Waals surface area (Å²) in [4.78, 5) is 4.57. The smallest absolute Gasteiger partial charge is 0.202 e. The zero-order valence-electron chi connectivity index (χ0n) is 11.2. The van der Waals surface area contributed by atoms with Crippen molar-refractivity contribution in [3.8, 4) is 5.75 Å². The average molecular weight is 248 g/mol. The molecule has 1 aromatic heterocycles. The van der Waals surface area contributed by atoms with Gasteiger partial charge in [0.05, 0.1) is 12.5 Å². The second-order valence-corrected chi connectivity index (χ2v) is 4.54. The summed E-state index contributed by atoms with van der Waals surface area (Å²) in [6.07, 6.45) is 1.84. The number of oxazole rings is 1. The van der Waals surface area contributed by atoms with Crippen LogP contribution in [0.4, 0.5) is 0 Å². The fourth-order valence-electron chi connectivity index (χ4n) is 2.19. The van der Waals surface area contributed by atoms with Crippen molar-refractivity contribution in [1.29, 1.82) is 0 Å². The Morgan fingerprint density at radius 1 is 1.33 bits per heavy atom. The lowest BCUT2D eigenvalue weighted by atomic mass is 9.82. The van der Waals surface area contributed by atoms with E-state index in [1.165, 1.54) is 0 Å². The second kappa shape index (κ2) is 4.98. The van der Waals surface area contributed by atoms with Crippen molar-refractivity contribution in [1.82, 2.24) is 4.98 Å². The first-order valence-electron chi connectivity index (χ1n) is 6.34. The molecule has 0 unspecified atom stereocenters. The number of benzene rings is 1. The summed E-state index contributed by atoms with van der Waals surface area (Å²) in [6, 6.07) is 5.66. The van der Waals surface area contributed by atoms with E-state index in [1.807, 2.05) is 18.2 Å². The van der Waals surface area contributed by atoms with Gasteiger partial charge in [-0.05, 0) is 25.0 Å². The van der Waals surface area contributed by atoms with Crippen LogP contribution in [-0.2, 0) is 5.41 Å². The number of hydrogen-bond acceptors (Lipinski definition) is 4. The Balaban J connectivity index is 2.52. The Bertz CT molecular complexity index is 521. The highest BCUT2D eigenvalue weighted by molar-refractivity contribution is 5.74. The molecule has 2 N–H and O–H groups in total. The fraction of sp³-hybridized carbons (Fsp3) is 0.500. The van der Waals surface area contributed by atoms with Crippen molar-refractivity contribution in [3.63, 3.8) is 0 Å². The van der Waals surface area contributed by atoms with Gasteiger partial charge in [-0.2, -0.15) is 0 Å². The topological polar surface area (TPSA) is 61.3 Å². The van der Waals surface area contributed by atoms with E-state index in [2.05, 4.69) is 18.8 Å². The quantitative estimate of drug-likeness (QED) is 0.883. The van der Waals surface area contributed by atoms with Gasteiger partial charge in [-0.15, -0.1) is 0 Å². The van der Waals surface area contributed by atoms with E-state index in [0.717, 1.165) is 35.6 Å². The van der Waals surface area contributed by atoms with Gasteiger partial charge in [-0.3, -0.25) is 0 Å². The summed E-state index contributed by atoms with van der Waals surface area (Å²) >= 11 is 0. The molecule has 0 bridgehead atoms. The van der Waals surface area contributed by atoms with Crippen molar-refractivity contribution in [2.45, 2.75) is 32.1 Å². The third-order valence-corrected chi connectivity index (χ3v) is 3.79. The van der Waals surface area contributed by atoms with E-state index >= 15 is 0 Å². The van der Waals surface area contributed by atoms with Gasteiger partial charge < -0.3 is 14.9 Å². The number of aromatic nitrogens is 1. The fourth-order valence-corrected chi connectivity index (χ4v) is 2.19. The molecule has 1 heterocycles. The van der Waals surface area contributed by atoms with Gasteiger partial charge in [0, 0.05) is 12.6 Å². The Kier molecular flexibility index (Phi) is 3.57. The molecule has 0 atom stereocenters. The van der Waals surface area contributed by atoms with Crippen LogP contribution in [0.2, 0.25) is 0 Å². The maximum atomic E-state index is 5.91. The molecule has 0 fully saturated rings. The van der Waals surface area contributed by atoms with E-state index in [1.54, 1.807) is 7.11 Å². The third kappa shape index (κ3) is 1.97. The minimum Gasteiger partial charge on any atom is -0.497 e. The summed E-state index contributed by atoms with van der Waals surface area (Å²) in [5.74, 6) is 1.51. The molecule has 0 saturated carbocycles. The van der Waals surface area contributed by atoms with E-state index in [-0.39, 0.29) is 5.41 Å². The molecule has 0 radical (unpaired) electrons. The standard InChI is InChI=1S/C14H20N2O2/c1-4-14(5-2,9-15)13-16-11-7-6-10(17-3)8-12(11)18-13/h6-8H,4-5,9,15H2,1-3H3. The third-order valence-electron chi connectivity index (χ3n) is 3.79. The predicted octanol–water partition coefficient (Wildman–Crippen LogP) is 2.85. The maximum Gasteiger partial charge on any atom is 0.202 e. The van der Waals surface area contributed by atoms with E-state index in [9.17, 15) is 0 Å². The van der Waals surface area contributed by atoms with Crippen LogP contribution in [0.3, 0.4) is 0 Å². The molecule has 4 nitrogen and oxygen atoms in total. The predicted molar refractivity (Wildman–Crippen MR) is 71.9 cm³/mol. The lowest BCUT2D eigenvalue weighted by molar-refractivity contribution is 0.316. The SMILES string of the molecule is CCC(CC)(CN)c1nc2ccc(OC)cc2o1. The van der Waals surface area contributed by atoms with Crippen LogP contribution in [0, 0.1) is 0 Å². The summed E-state index contributed by atoms with van der Waals surface area (Å²) in [7, 11) is 1.64. The molecule has 0 spiro atoms. The van der Waals surface area contributed by atoms with Crippen LogP contribution in [0.15, 0.2) is 22.6 Å². The van der Waals surface area contributed by atoms with E-state index < -0.39 is 0 Å². The average Bonchev–Trinajstić information content (AvgIpc) is 2.84. The summed E-state index contributed by atoms with van der Waals surface area (Å²) in [6.45, 7) is 4.78. The van der Waals surface area contributed by atoms with Crippen LogP contribution >= 0.6 is 0 Å². The highest BCUT2D eigenvalue weighted by Gasteiger charge is 2.32. The number of ether oxygens (including phenoxy) is 1. The summed E-state index contributed by atoms with van der Waals surface area (Å²) in [5.41, 5.74) is 7.36. The largest absolute Gasteiger partial charge is 0.497 e. The summed E-state index contributed by atoms with van der Waals surface area (Å²) < 4.78 is 11.1. The first kappa shape index (κ1) is 12.9.